The summed E-state index contributed by atoms with van der Waals surface area (Å²) >= 11 is 0. The van der Waals surface area contributed by atoms with Gasteiger partial charge in [-0.25, -0.2) is 0 Å². The lowest BCUT2D eigenvalue weighted by Gasteiger charge is -2.57. The summed E-state index contributed by atoms with van der Waals surface area (Å²) in [5.74, 6) is 3.22. The van der Waals surface area contributed by atoms with E-state index in [1.165, 1.54) is 31.3 Å². The van der Waals surface area contributed by atoms with Crippen LogP contribution in [0.2, 0.25) is 0 Å². The maximum absolute atomic E-state index is 4.21. The molecule has 18 heavy (non-hydrogen) atoms. The minimum absolute atomic E-state index is 0.561. The molecule has 4 fully saturated rings. The van der Waals surface area contributed by atoms with Crippen molar-refractivity contribution in [2.24, 2.45) is 23.2 Å². The molecule has 0 aromatic carbocycles. The third-order valence-corrected chi connectivity index (χ3v) is 5.85. The number of nitrogens with one attached hydrogen (secondary N) is 1. The molecule has 102 valence electrons. The second-order valence-corrected chi connectivity index (χ2v) is 7.58. The Hall–Kier alpha value is -0.300. The van der Waals surface area contributed by atoms with E-state index in [9.17, 15) is 0 Å². The van der Waals surface area contributed by atoms with Crippen molar-refractivity contribution in [2.45, 2.75) is 64.8 Å². The van der Waals surface area contributed by atoms with Crippen LogP contribution in [0.4, 0.5) is 0 Å². The highest BCUT2D eigenvalue weighted by Crippen LogP contribution is 2.61. The monoisotopic (exact) mass is 247 g/mol. The molecule has 4 bridgehead atoms. The van der Waals surface area contributed by atoms with Gasteiger partial charge in [0.2, 0.25) is 0 Å². The van der Waals surface area contributed by atoms with Crippen molar-refractivity contribution in [1.29, 1.82) is 0 Å². The molecule has 4 aliphatic carbocycles. The zero-order chi connectivity index (χ0) is 12.8. The minimum atomic E-state index is 0.561. The van der Waals surface area contributed by atoms with Gasteiger partial charge in [0.15, 0.2) is 0 Å². The smallest absolute Gasteiger partial charge is 0.0279 e. The number of hydrogen-bond acceptors (Lipinski definition) is 1. The molecule has 0 radical (unpaired) electrons. The van der Waals surface area contributed by atoms with Gasteiger partial charge in [-0.15, -0.1) is 0 Å². The molecule has 0 saturated heterocycles. The molecule has 4 rings (SSSR count). The third-order valence-electron chi connectivity index (χ3n) is 5.85. The summed E-state index contributed by atoms with van der Waals surface area (Å²) in [5.41, 5.74) is 2.02. The van der Waals surface area contributed by atoms with Crippen LogP contribution >= 0.6 is 0 Å². The van der Waals surface area contributed by atoms with Crippen molar-refractivity contribution in [3.63, 3.8) is 0 Å². The van der Waals surface area contributed by atoms with Crippen molar-refractivity contribution in [1.82, 2.24) is 5.32 Å². The van der Waals surface area contributed by atoms with E-state index in [0.29, 0.717) is 11.5 Å². The Morgan fingerprint density at radius 3 is 2.06 bits per heavy atom. The SMILES string of the molecule is C=C(C)C(CC12CC3CC(CC(C3)C1)C2)NCC. The molecule has 0 amide bonds. The first-order chi connectivity index (χ1) is 8.60. The predicted molar refractivity (Wildman–Crippen MR) is 77.5 cm³/mol. The van der Waals surface area contributed by atoms with E-state index in [1.807, 2.05) is 0 Å². The number of rotatable bonds is 5. The summed E-state index contributed by atoms with van der Waals surface area (Å²) in [6, 6.07) is 0.561. The summed E-state index contributed by atoms with van der Waals surface area (Å²) in [7, 11) is 0. The van der Waals surface area contributed by atoms with Crippen LogP contribution in [0.1, 0.15) is 58.8 Å². The van der Waals surface area contributed by atoms with Crippen molar-refractivity contribution in [2.75, 3.05) is 6.54 Å². The molecule has 1 N–H and O–H groups in total. The lowest BCUT2D eigenvalue weighted by molar-refractivity contribution is -0.0602. The molecule has 1 atom stereocenters. The molecule has 1 unspecified atom stereocenters. The average Bonchev–Trinajstić information content (AvgIpc) is 2.26. The Labute approximate surface area is 112 Å². The van der Waals surface area contributed by atoms with Gasteiger partial charge in [-0.3, -0.25) is 0 Å². The molecular formula is C17H29N. The molecule has 0 aliphatic heterocycles. The van der Waals surface area contributed by atoms with E-state index >= 15 is 0 Å². The number of hydrogen-bond donors (Lipinski definition) is 1. The maximum Gasteiger partial charge on any atom is 0.0279 e. The second kappa shape index (κ2) is 4.67. The van der Waals surface area contributed by atoms with Crippen molar-refractivity contribution < 1.29 is 0 Å². The quantitative estimate of drug-likeness (QED) is 0.720. The van der Waals surface area contributed by atoms with Crippen LogP contribution in [-0.2, 0) is 0 Å². The molecular weight excluding hydrogens is 218 g/mol. The fourth-order valence-electron chi connectivity index (χ4n) is 5.64. The van der Waals surface area contributed by atoms with Crippen LogP contribution in [0.15, 0.2) is 12.2 Å². The predicted octanol–water partition coefficient (Wildman–Crippen LogP) is 4.15. The highest BCUT2D eigenvalue weighted by atomic mass is 14.9. The maximum atomic E-state index is 4.21. The molecule has 0 heterocycles. The largest absolute Gasteiger partial charge is 0.311 e. The third kappa shape index (κ3) is 2.27. The van der Waals surface area contributed by atoms with Gasteiger partial charge >= 0.3 is 0 Å². The first-order valence-corrected chi connectivity index (χ1v) is 7.99. The van der Waals surface area contributed by atoms with E-state index in [4.69, 9.17) is 0 Å². The lowest BCUT2D eigenvalue weighted by Crippen LogP contribution is -2.49. The summed E-state index contributed by atoms with van der Waals surface area (Å²) in [4.78, 5) is 0. The average molecular weight is 247 g/mol. The molecule has 4 saturated carbocycles. The van der Waals surface area contributed by atoms with Crippen LogP contribution in [-0.4, -0.2) is 12.6 Å². The van der Waals surface area contributed by atoms with Crippen molar-refractivity contribution in [3.8, 4) is 0 Å². The van der Waals surface area contributed by atoms with E-state index in [0.717, 1.165) is 24.3 Å². The summed E-state index contributed by atoms with van der Waals surface area (Å²) in [6.45, 7) is 9.70. The fraction of sp³-hybridized carbons (Fsp3) is 0.882. The summed E-state index contributed by atoms with van der Waals surface area (Å²) in [6.07, 6.45) is 10.6. The summed E-state index contributed by atoms with van der Waals surface area (Å²) in [5, 5.41) is 3.66. The molecule has 0 spiro atoms. The first-order valence-electron chi connectivity index (χ1n) is 7.99. The molecule has 0 aromatic heterocycles. The molecule has 4 aliphatic rings. The zero-order valence-electron chi connectivity index (χ0n) is 12.2. The van der Waals surface area contributed by atoms with Gasteiger partial charge in [-0.2, -0.15) is 0 Å². The normalized spacial score (nSPS) is 43.1. The topological polar surface area (TPSA) is 12.0 Å². The van der Waals surface area contributed by atoms with Crippen LogP contribution < -0.4 is 5.32 Å². The van der Waals surface area contributed by atoms with Gasteiger partial charge in [0.1, 0.15) is 0 Å². The standard InChI is InChI=1S/C17H29N/c1-4-18-16(12(2)3)11-17-8-13-5-14(9-17)7-15(6-13)10-17/h13-16,18H,2,4-11H2,1,3H3. The molecule has 0 aromatic rings. The van der Waals surface area contributed by atoms with Crippen molar-refractivity contribution >= 4 is 0 Å². The molecule has 1 heteroatoms. The Kier molecular flexibility index (Phi) is 3.30. The lowest BCUT2D eigenvalue weighted by atomic mass is 9.48. The summed E-state index contributed by atoms with van der Waals surface area (Å²) < 4.78 is 0. The fourth-order valence-corrected chi connectivity index (χ4v) is 5.64. The Bertz CT molecular complexity index is 295. The Balaban J connectivity index is 1.72. The van der Waals surface area contributed by atoms with E-state index in [1.54, 1.807) is 19.3 Å². The Morgan fingerprint density at radius 2 is 1.67 bits per heavy atom. The van der Waals surface area contributed by atoms with E-state index in [-0.39, 0.29) is 0 Å². The van der Waals surface area contributed by atoms with Crippen LogP contribution in [0.25, 0.3) is 0 Å². The van der Waals surface area contributed by atoms with Gasteiger partial charge in [0.25, 0.3) is 0 Å². The molecule has 1 nitrogen and oxygen atoms in total. The van der Waals surface area contributed by atoms with Gasteiger partial charge in [-0.05, 0) is 81.6 Å². The van der Waals surface area contributed by atoms with Crippen LogP contribution in [0.3, 0.4) is 0 Å². The van der Waals surface area contributed by atoms with Crippen LogP contribution in [0, 0.1) is 23.2 Å². The van der Waals surface area contributed by atoms with E-state index < -0.39 is 0 Å². The van der Waals surface area contributed by atoms with Crippen molar-refractivity contribution in [3.05, 3.63) is 12.2 Å². The van der Waals surface area contributed by atoms with Gasteiger partial charge in [0.05, 0.1) is 0 Å². The number of likely N-dealkylation sites (N-methyl/N-ethyl adjacent to an activating group) is 1. The Morgan fingerprint density at radius 1 is 1.17 bits per heavy atom. The zero-order valence-corrected chi connectivity index (χ0v) is 12.2. The van der Waals surface area contributed by atoms with Gasteiger partial charge in [0, 0.05) is 6.04 Å². The highest BCUT2D eigenvalue weighted by molar-refractivity contribution is 5.08. The second-order valence-electron chi connectivity index (χ2n) is 7.58. The first kappa shape index (κ1) is 12.7. The highest BCUT2D eigenvalue weighted by Gasteiger charge is 2.51. The van der Waals surface area contributed by atoms with Gasteiger partial charge in [-0.1, -0.05) is 19.1 Å². The van der Waals surface area contributed by atoms with Gasteiger partial charge < -0.3 is 5.32 Å². The minimum Gasteiger partial charge on any atom is -0.311 e. The van der Waals surface area contributed by atoms with E-state index in [2.05, 4.69) is 25.7 Å². The van der Waals surface area contributed by atoms with Crippen LogP contribution in [0.5, 0.6) is 0 Å².